The molecule has 4 rings (SSSR count). The normalized spacial score (nSPS) is 14.5. The van der Waals surface area contributed by atoms with Gasteiger partial charge < -0.3 is 4.90 Å². The Morgan fingerprint density at radius 1 is 1.08 bits per heavy atom. The number of anilines is 1. The molecule has 1 aliphatic rings. The summed E-state index contributed by atoms with van der Waals surface area (Å²) in [4.78, 5) is 19.4. The summed E-state index contributed by atoms with van der Waals surface area (Å²) >= 11 is 9.75. The predicted octanol–water partition coefficient (Wildman–Crippen LogP) is 4.40. The van der Waals surface area contributed by atoms with Crippen LogP contribution in [0.1, 0.15) is 12.8 Å². The maximum Gasteiger partial charge on any atom is 0.354 e. The number of nitrogens with zero attached hydrogens (tertiary/aromatic N) is 3. The Morgan fingerprint density at radius 2 is 1.83 bits per heavy atom. The highest BCUT2D eigenvalue weighted by Gasteiger charge is 2.20. The van der Waals surface area contributed by atoms with Crippen LogP contribution in [0.15, 0.2) is 51.7 Å². The van der Waals surface area contributed by atoms with Crippen LogP contribution in [-0.4, -0.2) is 22.6 Å². The summed E-state index contributed by atoms with van der Waals surface area (Å²) in [7, 11) is 0. The molecule has 2 heterocycles. The van der Waals surface area contributed by atoms with Crippen LogP contribution < -0.4 is 10.6 Å². The Bertz CT molecular complexity index is 980. The Hall–Kier alpha value is -1.85. The second-order valence-corrected chi connectivity index (χ2v) is 7.15. The zero-order valence-electron chi connectivity index (χ0n) is 12.9. The SMILES string of the molecule is O=c1nc(N2CCCC2)c2ccc(Cl)cc2n1-c1ccccc1Br. The molecule has 1 saturated heterocycles. The van der Waals surface area contributed by atoms with Gasteiger partial charge in [0, 0.05) is 28.0 Å². The van der Waals surface area contributed by atoms with Crippen LogP contribution in [-0.2, 0) is 0 Å². The van der Waals surface area contributed by atoms with Gasteiger partial charge in [0.15, 0.2) is 0 Å². The number of halogens is 2. The van der Waals surface area contributed by atoms with Crippen LogP contribution >= 0.6 is 27.5 Å². The molecule has 1 fully saturated rings. The fraction of sp³-hybridized carbons (Fsp3) is 0.222. The highest BCUT2D eigenvalue weighted by molar-refractivity contribution is 9.10. The first-order valence-corrected chi connectivity index (χ1v) is 9.04. The molecule has 0 atom stereocenters. The van der Waals surface area contributed by atoms with Crippen LogP contribution in [0.25, 0.3) is 16.6 Å². The van der Waals surface area contributed by atoms with Crippen molar-refractivity contribution < 1.29 is 0 Å². The lowest BCUT2D eigenvalue weighted by Gasteiger charge is -2.20. The molecule has 2 aromatic carbocycles. The van der Waals surface area contributed by atoms with Crippen LogP contribution in [0.2, 0.25) is 5.02 Å². The molecule has 0 amide bonds. The molecule has 4 nitrogen and oxygen atoms in total. The highest BCUT2D eigenvalue weighted by Crippen LogP contribution is 2.30. The van der Waals surface area contributed by atoms with E-state index in [2.05, 4.69) is 25.8 Å². The lowest BCUT2D eigenvalue weighted by Crippen LogP contribution is -2.28. The van der Waals surface area contributed by atoms with Gasteiger partial charge in [0.2, 0.25) is 0 Å². The zero-order valence-corrected chi connectivity index (χ0v) is 15.2. The summed E-state index contributed by atoms with van der Waals surface area (Å²) in [5.74, 6) is 0.757. The maximum absolute atomic E-state index is 12.8. The minimum Gasteiger partial charge on any atom is -0.356 e. The molecule has 1 aliphatic heterocycles. The largest absolute Gasteiger partial charge is 0.356 e. The maximum atomic E-state index is 12.8. The fourth-order valence-electron chi connectivity index (χ4n) is 3.22. The number of aromatic nitrogens is 2. The number of benzene rings is 2. The minimum absolute atomic E-state index is 0.293. The van der Waals surface area contributed by atoms with Gasteiger partial charge in [0.25, 0.3) is 0 Å². The van der Waals surface area contributed by atoms with Crippen molar-refractivity contribution in [2.24, 2.45) is 0 Å². The standard InChI is InChI=1S/C18H15BrClN3O/c19-14-5-1-2-6-15(14)23-16-11-12(20)7-8-13(16)17(21-18(23)24)22-9-3-4-10-22/h1-2,5-8,11H,3-4,9-10H2. The molecular weight excluding hydrogens is 390 g/mol. The topological polar surface area (TPSA) is 38.1 Å². The Morgan fingerprint density at radius 3 is 2.58 bits per heavy atom. The quantitative estimate of drug-likeness (QED) is 0.635. The molecule has 0 N–H and O–H groups in total. The Labute approximate surface area is 152 Å². The van der Waals surface area contributed by atoms with E-state index in [4.69, 9.17) is 11.6 Å². The lowest BCUT2D eigenvalue weighted by molar-refractivity contribution is 0.893. The van der Waals surface area contributed by atoms with E-state index >= 15 is 0 Å². The van der Waals surface area contributed by atoms with E-state index in [9.17, 15) is 4.79 Å². The third kappa shape index (κ3) is 2.62. The van der Waals surface area contributed by atoms with Crippen LogP contribution in [0.4, 0.5) is 5.82 Å². The van der Waals surface area contributed by atoms with Crippen molar-refractivity contribution >= 4 is 44.3 Å². The number of hydrogen-bond acceptors (Lipinski definition) is 3. The van der Waals surface area contributed by atoms with Gasteiger partial charge >= 0.3 is 5.69 Å². The predicted molar refractivity (Wildman–Crippen MR) is 101 cm³/mol. The number of fused-ring (bicyclic) bond motifs is 1. The molecule has 0 aliphatic carbocycles. The summed E-state index contributed by atoms with van der Waals surface area (Å²) < 4.78 is 2.45. The van der Waals surface area contributed by atoms with Crippen molar-refractivity contribution in [3.63, 3.8) is 0 Å². The van der Waals surface area contributed by atoms with E-state index in [1.54, 1.807) is 4.57 Å². The van der Waals surface area contributed by atoms with Crippen LogP contribution in [0.3, 0.4) is 0 Å². The Balaban J connectivity index is 2.07. The van der Waals surface area contributed by atoms with E-state index in [0.717, 1.165) is 52.8 Å². The third-order valence-corrected chi connectivity index (χ3v) is 5.24. The number of hydrogen-bond donors (Lipinski definition) is 0. The second kappa shape index (κ2) is 6.22. The molecule has 122 valence electrons. The molecule has 1 aromatic heterocycles. The van der Waals surface area contributed by atoms with E-state index in [-0.39, 0.29) is 5.69 Å². The number of para-hydroxylation sites is 1. The molecule has 0 spiro atoms. The lowest BCUT2D eigenvalue weighted by atomic mass is 10.2. The summed E-state index contributed by atoms with van der Waals surface area (Å²) in [6, 6.07) is 13.2. The third-order valence-electron chi connectivity index (χ3n) is 4.33. The van der Waals surface area contributed by atoms with Crippen molar-refractivity contribution in [2.75, 3.05) is 18.0 Å². The first-order valence-electron chi connectivity index (χ1n) is 7.87. The molecule has 0 radical (unpaired) electrons. The zero-order chi connectivity index (χ0) is 16.7. The van der Waals surface area contributed by atoms with Gasteiger partial charge in [-0.1, -0.05) is 23.7 Å². The van der Waals surface area contributed by atoms with E-state index in [1.165, 1.54) is 0 Å². The van der Waals surface area contributed by atoms with Gasteiger partial charge in [-0.05, 0) is 59.1 Å². The molecule has 0 bridgehead atoms. The fourth-order valence-corrected chi connectivity index (χ4v) is 3.85. The number of rotatable bonds is 2. The van der Waals surface area contributed by atoms with Gasteiger partial charge in [-0.2, -0.15) is 4.98 Å². The Kier molecular flexibility index (Phi) is 4.06. The van der Waals surface area contributed by atoms with E-state index < -0.39 is 0 Å². The minimum atomic E-state index is -0.293. The first-order chi connectivity index (χ1) is 11.6. The van der Waals surface area contributed by atoms with Crippen molar-refractivity contribution in [1.29, 1.82) is 0 Å². The molecule has 6 heteroatoms. The second-order valence-electron chi connectivity index (χ2n) is 5.86. The molecule has 3 aromatic rings. The molecule has 0 unspecified atom stereocenters. The average molecular weight is 405 g/mol. The van der Waals surface area contributed by atoms with E-state index in [0.29, 0.717) is 5.02 Å². The summed E-state index contributed by atoms with van der Waals surface area (Å²) in [5, 5.41) is 1.54. The van der Waals surface area contributed by atoms with Gasteiger partial charge in [-0.15, -0.1) is 0 Å². The van der Waals surface area contributed by atoms with Crippen LogP contribution in [0, 0.1) is 0 Å². The van der Waals surface area contributed by atoms with Gasteiger partial charge in [-0.3, -0.25) is 4.57 Å². The van der Waals surface area contributed by atoms with Crippen LogP contribution in [0.5, 0.6) is 0 Å². The molecule has 0 saturated carbocycles. The monoisotopic (exact) mass is 403 g/mol. The first kappa shape index (κ1) is 15.7. The van der Waals surface area contributed by atoms with Gasteiger partial charge in [0.05, 0.1) is 11.2 Å². The average Bonchev–Trinajstić information content (AvgIpc) is 3.09. The van der Waals surface area contributed by atoms with Crippen molar-refractivity contribution in [2.45, 2.75) is 12.8 Å². The highest BCUT2D eigenvalue weighted by atomic mass is 79.9. The van der Waals surface area contributed by atoms with Crippen molar-refractivity contribution in [3.05, 3.63) is 62.4 Å². The summed E-state index contributed by atoms with van der Waals surface area (Å²) in [6.07, 6.45) is 2.26. The molecular formula is C18H15BrClN3O. The molecule has 24 heavy (non-hydrogen) atoms. The summed E-state index contributed by atoms with van der Waals surface area (Å²) in [6.45, 7) is 1.87. The van der Waals surface area contributed by atoms with E-state index in [1.807, 2.05) is 42.5 Å². The van der Waals surface area contributed by atoms with Crippen molar-refractivity contribution in [1.82, 2.24) is 9.55 Å². The van der Waals surface area contributed by atoms with Gasteiger partial charge in [0.1, 0.15) is 5.82 Å². The van der Waals surface area contributed by atoms with Gasteiger partial charge in [-0.25, -0.2) is 4.79 Å². The smallest absolute Gasteiger partial charge is 0.354 e. The van der Waals surface area contributed by atoms with Crippen molar-refractivity contribution in [3.8, 4) is 5.69 Å². The summed E-state index contributed by atoms with van der Waals surface area (Å²) in [5.41, 5.74) is 1.24.